The number of nitrogens with zero attached hydrogens (tertiary/aromatic N) is 2. The Bertz CT molecular complexity index is 383. The van der Waals surface area contributed by atoms with Crippen LogP contribution < -0.4 is 5.73 Å². The molecule has 19 heavy (non-hydrogen) atoms. The smallest absolute Gasteiger partial charge is 0.411 e. The van der Waals surface area contributed by atoms with Crippen molar-refractivity contribution in [1.82, 2.24) is 4.90 Å². The van der Waals surface area contributed by atoms with Gasteiger partial charge >= 0.3 is 12.1 Å². The molecule has 0 spiro atoms. The fourth-order valence-electron chi connectivity index (χ4n) is 1.73. The molecule has 1 fully saturated rings. The van der Waals surface area contributed by atoms with E-state index in [0.29, 0.717) is 13.0 Å². The summed E-state index contributed by atoms with van der Waals surface area (Å²) >= 11 is 0. The largest absolute Gasteiger partial charge is 0.444 e. The molecule has 1 heterocycles. The molecular formula is C12H21N3O4. The van der Waals surface area contributed by atoms with Crippen LogP contribution in [0.25, 0.3) is 0 Å². The van der Waals surface area contributed by atoms with Crippen molar-refractivity contribution in [2.75, 3.05) is 6.54 Å². The normalized spacial score (nSPS) is 20.3. The molecule has 1 saturated heterocycles. The summed E-state index contributed by atoms with van der Waals surface area (Å²) in [6, 6.07) is -0.655. The fourth-order valence-corrected chi connectivity index (χ4v) is 1.73. The van der Waals surface area contributed by atoms with Crippen molar-refractivity contribution in [3.63, 3.8) is 0 Å². The Morgan fingerprint density at radius 3 is 2.53 bits per heavy atom. The lowest BCUT2D eigenvalue weighted by molar-refractivity contribution is -0.148. The van der Waals surface area contributed by atoms with Gasteiger partial charge in [-0.15, -0.1) is 0 Å². The Labute approximate surface area is 112 Å². The summed E-state index contributed by atoms with van der Waals surface area (Å²) in [6.45, 7) is 7.30. The summed E-state index contributed by atoms with van der Waals surface area (Å²) in [7, 11) is 0. The predicted molar refractivity (Wildman–Crippen MR) is 69.4 cm³/mol. The van der Waals surface area contributed by atoms with E-state index in [0.717, 1.165) is 6.42 Å². The van der Waals surface area contributed by atoms with E-state index in [1.165, 1.54) is 11.8 Å². The second kappa shape index (κ2) is 5.90. The van der Waals surface area contributed by atoms with E-state index in [-0.39, 0.29) is 5.84 Å². The van der Waals surface area contributed by atoms with Gasteiger partial charge in [0.15, 0.2) is 0 Å². The summed E-state index contributed by atoms with van der Waals surface area (Å²) in [6.07, 6.45) is 0.752. The average Bonchev–Trinajstić information content (AvgIpc) is 2.72. The van der Waals surface area contributed by atoms with Gasteiger partial charge in [0.1, 0.15) is 17.5 Å². The molecule has 1 aliphatic heterocycles. The Morgan fingerprint density at radius 2 is 2.00 bits per heavy atom. The van der Waals surface area contributed by atoms with Crippen LogP contribution in [0.1, 0.15) is 40.5 Å². The van der Waals surface area contributed by atoms with E-state index in [1.807, 2.05) is 0 Å². The molecule has 0 aromatic carbocycles. The third kappa shape index (κ3) is 4.76. The fraction of sp³-hybridized carbons (Fsp3) is 0.750. The number of likely N-dealkylation sites (tertiary alicyclic amines) is 1. The molecule has 0 unspecified atom stereocenters. The van der Waals surface area contributed by atoms with Crippen LogP contribution >= 0.6 is 0 Å². The molecule has 0 bridgehead atoms. The van der Waals surface area contributed by atoms with Crippen LogP contribution in [0, 0.1) is 0 Å². The van der Waals surface area contributed by atoms with Gasteiger partial charge < -0.3 is 15.3 Å². The van der Waals surface area contributed by atoms with Crippen LogP contribution in [0.5, 0.6) is 0 Å². The van der Waals surface area contributed by atoms with Crippen LogP contribution in [0.15, 0.2) is 5.16 Å². The van der Waals surface area contributed by atoms with E-state index in [1.54, 1.807) is 20.8 Å². The molecule has 0 aromatic rings. The molecule has 0 aromatic heterocycles. The first-order chi connectivity index (χ1) is 8.70. The Kier molecular flexibility index (Phi) is 4.74. The first-order valence-corrected chi connectivity index (χ1v) is 6.21. The predicted octanol–water partition coefficient (Wildman–Crippen LogP) is 1.22. The molecule has 1 aliphatic rings. The molecule has 7 nitrogen and oxygen atoms in total. The van der Waals surface area contributed by atoms with E-state index < -0.39 is 23.7 Å². The molecule has 1 rings (SSSR count). The summed E-state index contributed by atoms with van der Waals surface area (Å²) in [5, 5.41) is 3.40. The minimum Gasteiger partial charge on any atom is -0.444 e. The lowest BCUT2D eigenvalue weighted by Gasteiger charge is -2.27. The molecule has 0 radical (unpaired) electrons. The van der Waals surface area contributed by atoms with Crippen molar-refractivity contribution in [3.8, 4) is 0 Å². The Balaban J connectivity index is 2.66. The van der Waals surface area contributed by atoms with Gasteiger partial charge in [0, 0.05) is 6.54 Å². The standard InChI is InChI=1S/C12H21N3O4/c1-8(13)14-19-10(16)9-6-5-7-15(9)11(17)18-12(2,3)4/h9H,5-7H2,1-4H3,(H2,13,14)/t9-/m0/s1. The summed E-state index contributed by atoms with van der Waals surface area (Å²) < 4.78 is 5.25. The average molecular weight is 271 g/mol. The second-order valence-electron chi connectivity index (χ2n) is 5.47. The zero-order valence-electron chi connectivity index (χ0n) is 11.8. The van der Waals surface area contributed by atoms with E-state index >= 15 is 0 Å². The molecule has 0 saturated carbocycles. The number of ether oxygens (including phenoxy) is 1. The summed E-state index contributed by atoms with van der Waals surface area (Å²) in [5.41, 5.74) is 4.69. The molecule has 1 atom stereocenters. The molecule has 7 heteroatoms. The zero-order chi connectivity index (χ0) is 14.6. The van der Waals surface area contributed by atoms with Crippen molar-refractivity contribution in [1.29, 1.82) is 0 Å². The minimum absolute atomic E-state index is 0.148. The highest BCUT2D eigenvalue weighted by Gasteiger charge is 2.37. The maximum Gasteiger partial charge on any atom is 0.411 e. The monoisotopic (exact) mass is 271 g/mol. The third-order valence-electron chi connectivity index (χ3n) is 2.43. The summed E-state index contributed by atoms with van der Waals surface area (Å²) in [5.74, 6) is -0.441. The maximum atomic E-state index is 11.9. The van der Waals surface area contributed by atoms with Gasteiger partial charge in [0.25, 0.3) is 0 Å². The number of oxime groups is 1. The van der Waals surface area contributed by atoms with Crippen molar-refractivity contribution >= 4 is 17.9 Å². The van der Waals surface area contributed by atoms with E-state index in [9.17, 15) is 9.59 Å². The van der Waals surface area contributed by atoms with Crippen LogP contribution in [-0.2, 0) is 14.4 Å². The highest BCUT2D eigenvalue weighted by atomic mass is 16.7. The molecule has 0 aliphatic carbocycles. The molecule has 108 valence electrons. The highest BCUT2D eigenvalue weighted by Crippen LogP contribution is 2.21. The first kappa shape index (κ1) is 15.3. The third-order valence-corrected chi connectivity index (χ3v) is 2.43. The van der Waals surface area contributed by atoms with Crippen molar-refractivity contribution in [2.45, 2.75) is 52.2 Å². The van der Waals surface area contributed by atoms with Gasteiger partial charge in [0.05, 0.1) is 0 Å². The zero-order valence-corrected chi connectivity index (χ0v) is 11.8. The molecule has 2 N–H and O–H groups in total. The van der Waals surface area contributed by atoms with Crippen molar-refractivity contribution in [2.24, 2.45) is 10.9 Å². The van der Waals surface area contributed by atoms with Gasteiger partial charge in [-0.1, -0.05) is 5.16 Å². The van der Waals surface area contributed by atoms with Gasteiger partial charge in [-0.2, -0.15) is 0 Å². The van der Waals surface area contributed by atoms with E-state index in [2.05, 4.69) is 9.99 Å². The Morgan fingerprint density at radius 1 is 1.37 bits per heavy atom. The second-order valence-corrected chi connectivity index (χ2v) is 5.47. The number of hydrogen-bond acceptors (Lipinski definition) is 5. The number of nitrogens with two attached hydrogens (primary N) is 1. The first-order valence-electron chi connectivity index (χ1n) is 6.21. The summed E-state index contributed by atoms with van der Waals surface area (Å²) in [4.78, 5) is 29.8. The number of hydrogen-bond donors (Lipinski definition) is 1. The highest BCUT2D eigenvalue weighted by molar-refractivity contribution is 5.83. The maximum absolute atomic E-state index is 11.9. The number of carbonyl (C=O) groups is 2. The number of amides is 1. The van der Waals surface area contributed by atoms with Crippen LogP contribution in [0.4, 0.5) is 4.79 Å². The van der Waals surface area contributed by atoms with Gasteiger partial charge in [-0.25, -0.2) is 9.59 Å². The van der Waals surface area contributed by atoms with Gasteiger partial charge in [-0.05, 0) is 40.5 Å². The number of rotatable bonds is 2. The molecule has 1 amide bonds. The number of carbonyl (C=O) groups excluding carboxylic acids is 2. The van der Waals surface area contributed by atoms with Crippen LogP contribution in [0.3, 0.4) is 0 Å². The number of amidine groups is 1. The van der Waals surface area contributed by atoms with E-state index in [4.69, 9.17) is 10.5 Å². The van der Waals surface area contributed by atoms with Crippen LogP contribution in [0.2, 0.25) is 0 Å². The molecular weight excluding hydrogens is 250 g/mol. The lowest BCUT2D eigenvalue weighted by Crippen LogP contribution is -2.43. The topological polar surface area (TPSA) is 94.2 Å². The van der Waals surface area contributed by atoms with Gasteiger partial charge in [-0.3, -0.25) is 4.90 Å². The van der Waals surface area contributed by atoms with Crippen molar-refractivity contribution < 1.29 is 19.2 Å². The SMILES string of the molecule is CC(N)=NOC(=O)[C@@H]1CCCN1C(=O)OC(C)(C)C. The minimum atomic E-state index is -0.655. The lowest BCUT2D eigenvalue weighted by atomic mass is 10.2. The Hall–Kier alpha value is -1.79. The van der Waals surface area contributed by atoms with Gasteiger partial charge in [0.2, 0.25) is 0 Å². The quantitative estimate of drug-likeness (QED) is 0.353. The van der Waals surface area contributed by atoms with Crippen LogP contribution in [-0.4, -0.2) is 41.0 Å². The van der Waals surface area contributed by atoms with Crippen molar-refractivity contribution in [3.05, 3.63) is 0 Å².